The molecule has 31 heavy (non-hydrogen) atoms. The number of aromatic nitrogens is 2. The first-order valence-electron chi connectivity index (χ1n) is 10.3. The van der Waals surface area contributed by atoms with Crippen molar-refractivity contribution in [2.75, 3.05) is 5.32 Å². The number of carbonyl (C=O) groups is 1. The summed E-state index contributed by atoms with van der Waals surface area (Å²) in [6.45, 7) is 9.34. The van der Waals surface area contributed by atoms with Gasteiger partial charge in [0.15, 0.2) is 0 Å². The maximum atomic E-state index is 12.5. The number of carbonyl (C=O) groups excluding carboxylic acids is 1. The van der Waals surface area contributed by atoms with Crippen LogP contribution >= 0.6 is 11.3 Å². The standard InChI is InChI=1S/C25H26N4OS/c1-15-5-7-19(8-6-15)14-27-24(30)21-11-9-20(10-12-21)13-26-23-22-16(2)17(3)31-25(22)29-18(4)28-23/h5-12H,13-14H2,1-4H3,(H,27,30)(H,26,28,29). The Kier molecular flexibility index (Phi) is 6.00. The lowest BCUT2D eigenvalue weighted by atomic mass is 10.1. The third-order valence-electron chi connectivity index (χ3n) is 5.39. The van der Waals surface area contributed by atoms with E-state index in [1.54, 1.807) is 11.3 Å². The van der Waals surface area contributed by atoms with Crippen molar-refractivity contribution >= 4 is 33.3 Å². The van der Waals surface area contributed by atoms with Gasteiger partial charge in [-0.05, 0) is 56.5 Å². The molecule has 0 unspecified atom stereocenters. The summed E-state index contributed by atoms with van der Waals surface area (Å²) in [5.41, 5.74) is 5.26. The normalized spacial score (nSPS) is 11.0. The maximum Gasteiger partial charge on any atom is 0.251 e. The van der Waals surface area contributed by atoms with Gasteiger partial charge in [-0.15, -0.1) is 11.3 Å². The van der Waals surface area contributed by atoms with E-state index in [-0.39, 0.29) is 5.91 Å². The molecule has 6 heteroatoms. The quantitative estimate of drug-likeness (QED) is 0.426. The van der Waals surface area contributed by atoms with Crippen LogP contribution in [0.1, 0.15) is 43.3 Å². The van der Waals surface area contributed by atoms with Crippen LogP contribution in [0.15, 0.2) is 48.5 Å². The Bertz CT molecular complexity index is 1230. The minimum atomic E-state index is -0.0717. The van der Waals surface area contributed by atoms with E-state index in [0.717, 1.165) is 33.0 Å². The molecule has 4 aromatic rings. The number of amides is 1. The molecule has 2 N–H and O–H groups in total. The molecular formula is C25H26N4OS. The van der Waals surface area contributed by atoms with E-state index in [1.807, 2.05) is 43.3 Å². The monoisotopic (exact) mass is 430 g/mol. The van der Waals surface area contributed by atoms with E-state index < -0.39 is 0 Å². The number of thiophene rings is 1. The van der Waals surface area contributed by atoms with Crippen molar-refractivity contribution < 1.29 is 4.79 Å². The van der Waals surface area contributed by atoms with Crippen molar-refractivity contribution in [1.29, 1.82) is 0 Å². The molecule has 4 rings (SSSR count). The lowest BCUT2D eigenvalue weighted by molar-refractivity contribution is 0.0951. The molecule has 5 nitrogen and oxygen atoms in total. The Labute approximate surface area is 186 Å². The van der Waals surface area contributed by atoms with Crippen LogP contribution in [0.4, 0.5) is 5.82 Å². The number of rotatable bonds is 6. The van der Waals surface area contributed by atoms with Crippen LogP contribution in [0.5, 0.6) is 0 Å². The first kappa shape index (κ1) is 21.0. The summed E-state index contributed by atoms with van der Waals surface area (Å²) in [5.74, 6) is 1.55. The Balaban J connectivity index is 1.40. The van der Waals surface area contributed by atoms with Gasteiger partial charge < -0.3 is 10.6 Å². The lowest BCUT2D eigenvalue weighted by Gasteiger charge is -2.10. The minimum Gasteiger partial charge on any atom is -0.365 e. The summed E-state index contributed by atoms with van der Waals surface area (Å²) in [7, 11) is 0. The molecule has 0 aliphatic carbocycles. The molecule has 0 aliphatic heterocycles. The predicted octanol–water partition coefficient (Wildman–Crippen LogP) is 5.47. The molecule has 0 atom stereocenters. The number of hydrogen-bond donors (Lipinski definition) is 2. The SMILES string of the molecule is Cc1ccc(CNC(=O)c2ccc(CNc3nc(C)nc4sc(C)c(C)c34)cc2)cc1. The summed E-state index contributed by atoms with van der Waals surface area (Å²) in [4.78, 5) is 23.9. The van der Waals surface area contributed by atoms with Gasteiger partial charge in [0.1, 0.15) is 16.5 Å². The van der Waals surface area contributed by atoms with Gasteiger partial charge in [-0.25, -0.2) is 9.97 Å². The zero-order chi connectivity index (χ0) is 22.0. The molecular weight excluding hydrogens is 404 g/mol. The Morgan fingerprint density at radius 1 is 0.871 bits per heavy atom. The molecule has 2 aromatic heterocycles. The highest BCUT2D eigenvalue weighted by molar-refractivity contribution is 7.18. The molecule has 0 aliphatic rings. The average Bonchev–Trinajstić information content (AvgIpc) is 3.05. The number of aryl methyl sites for hydroxylation is 4. The third kappa shape index (κ3) is 4.75. The van der Waals surface area contributed by atoms with E-state index >= 15 is 0 Å². The first-order valence-corrected chi connectivity index (χ1v) is 11.1. The van der Waals surface area contributed by atoms with E-state index in [4.69, 9.17) is 0 Å². The zero-order valence-electron chi connectivity index (χ0n) is 18.2. The van der Waals surface area contributed by atoms with Crippen LogP contribution in [0.25, 0.3) is 10.2 Å². The second kappa shape index (κ2) is 8.86. The highest BCUT2D eigenvalue weighted by atomic mass is 32.1. The number of benzene rings is 2. The van der Waals surface area contributed by atoms with Gasteiger partial charge in [-0.2, -0.15) is 0 Å². The van der Waals surface area contributed by atoms with Gasteiger partial charge in [0.2, 0.25) is 0 Å². The third-order valence-corrected chi connectivity index (χ3v) is 6.49. The van der Waals surface area contributed by atoms with Gasteiger partial charge in [0.25, 0.3) is 5.91 Å². The fraction of sp³-hybridized carbons (Fsp3) is 0.240. The van der Waals surface area contributed by atoms with Gasteiger partial charge in [-0.3, -0.25) is 4.79 Å². The van der Waals surface area contributed by atoms with Crippen LogP contribution < -0.4 is 10.6 Å². The van der Waals surface area contributed by atoms with Crippen molar-refractivity contribution in [2.45, 2.75) is 40.8 Å². The number of nitrogens with zero attached hydrogens (tertiary/aromatic N) is 2. The highest BCUT2D eigenvalue weighted by Crippen LogP contribution is 2.33. The van der Waals surface area contributed by atoms with Gasteiger partial charge in [-0.1, -0.05) is 42.0 Å². The van der Waals surface area contributed by atoms with E-state index in [9.17, 15) is 4.79 Å². The fourth-order valence-electron chi connectivity index (χ4n) is 3.43. The topological polar surface area (TPSA) is 66.9 Å². The largest absolute Gasteiger partial charge is 0.365 e. The second-order valence-corrected chi connectivity index (χ2v) is 9.00. The summed E-state index contributed by atoms with van der Waals surface area (Å²) in [5, 5.41) is 7.53. The van der Waals surface area contributed by atoms with Gasteiger partial charge in [0, 0.05) is 23.5 Å². The molecule has 1 amide bonds. The van der Waals surface area contributed by atoms with Gasteiger partial charge in [0.05, 0.1) is 5.39 Å². The number of anilines is 1. The number of fused-ring (bicyclic) bond motifs is 1. The first-order chi connectivity index (χ1) is 14.9. The van der Waals surface area contributed by atoms with Crippen molar-refractivity contribution in [3.63, 3.8) is 0 Å². The zero-order valence-corrected chi connectivity index (χ0v) is 19.1. The molecule has 0 saturated heterocycles. The molecule has 158 valence electrons. The molecule has 0 fully saturated rings. The molecule has 0 radical (unpaired) electrons. The Morgan fingerprint density at radius 3 is 2.23 bits per heavy atom. The van der Waals surface area contributed by atoms with Crippen LogP contribution in [0.2, 0.25) is 0 Å². The average molecular weight is 431 g/mol. The van der Waals surface area contributed by atoms with Crippen LogP contribution in [0, 0.1) is 27.7 Å². The summed E-state index contributed by atoms with van der Waals surface area (Å²) >= 11 is 1.70. The van der Waals surface area contributed by atoms with Crippen LogP contribution in [-0.4, -0.2) is 15.9 Å². The Morgan fingerprint density at radius 2 is 1.52 bits per heavy atom. The minimum absolute atomic E-state index is 0.0717. The van der Waals surface area contributed by atoms with Crippen LogP contribution in [0.3, 0.4) is 0 Å². The molecule has 2 aromatic carbocycles. The summed E-state index contributed by atoms with van der Waals surface area (Å²) < 4.78 is 0. The lowest BCUT2D eigenvalue weighted by Crippen LogP contribution is -2.22. The van der Waals surface area contributed by atoms with E-state index in [0.29, 0.717) is 18.7 Å². The fourth-order valence-corrected chi connectivity index (χ4v) is 4.51. The maximum absolute atomic E-state index is 12.5. The Hall–Kier alpha value is -3.25. The van der Waals surface area contributed by atoms with Crippen molar-refractivity contribution in [2.24, 2.45) is 0 Å². The number of nitrogens with one attached hydrogen (secondary N) is 2. The smallest absolute Gasteiger partial charge is 0.251 e. The van der Waals surface area contributed by atoms with Gasteiger partial charge >= 0.3 is 0 Å². The van der Waals surface area contributed by atoms with E-state index in [2.05, 4.69) is 53.5 Å². The highest BCUT2D eigenvalue weighted by Gasteiger charge is 2.13. The molecule has 0 bridgehead atoms. The summed E-state index contributed by atoms with van der Waals surface area (Å²) in [6, 6.07) is 15.9. The second-order valence-electron chi connectivity index (χ2n) is 7.80. The molecule has 2 heterocycles. The number of hydrogen-bond acceptors (Lipinski definition) is 5. The molecule has 0 saturated carbocycles. The van der Waals surface area contributed by atoms with Crippen molar-refractivity contribution in [1.82, 2.24) is 15.3 Å². The summed E-state index contributed by atoms with van der Waals surface area (Å²) in [6.07, 6.45) is 0. The van der Waals surface area contributed by atoms with Crippen LogP contribution in [-0.2, 0) is 13.1 Å². The van der Waals surface area contributed by atoms with E-state index in [1.165, 1.54) is 16.0 Å². The van der Waals surface area contributed by atoms with Crippen molar-refractivity contribution in [3.05, 3.63) is 87.0 Å². The predicted molar refractivity (Wildman–Crippen MR) is 128 cm³/mol. The molecule has 0 spiro atoms. The van der Waals surface area contributed by atoms with Crippen molar-refractivity contribution in [3.8, 4) is 0 Å².